The van der Waals surface area contributed by atoms with Crippen LogP contribution in [0.3, 0.4) is 0 Å². The zero-order chi connectivity index (χ0) is 23.2. The van der Waals surface area contributed by atoms with Crippen molar-refractivity contribution in [2.45, 2.75) is 25.4 Å². The Morgan fingerprint density at radius 1 is 0.939 bits per heavy atom. The molecule has 0 aliphatic rings. The van der Waals surface area contributed by atoms with Gasteiger partial charge in [-0.3, -0.25) is 4.79 Å². The van der Waals surface area contributed by atoms with E-state index in [1.165, 1.54) is 0 Å². The van der Waals surface area contributed by atoms with Crippen LogP contribution >= 0.6 is 11.6 Å². The molecule has 33 heavy (non-hydrogen) atoms. The van der Waals surface area contributed by atoms with E-state index in [1.807, 2.05) is 91.0 Å². The van der Waals surface area contributed by atoms with Gasteiger partial charge in [0.1, 0.15) is 0 Å². The first-order chi connectivity index (χ1) is 16.0. The van der Waals surface area contributed by atoms with Crippen LogP contribution in [0.1, 0.15) is 40.5 Å². The van der Waals surface area contributed by atoms with Gasteiger partial charge in [0.15, 0.2) is 0 Å². The lowest BCUT2D eigenvalue weighted by atomic mass is 9.98. The van der Waals surface area contributed by atoms with E-state index in [0.717, 1.165) is 38.9 Å². The van der Waals surface area contributed by atoms with Gasteiger partial charge in [0, 0.05) is 10.4 Å². The second-order valence-corrected chi connectivity index (χ2v) is 8.46. The second-order valence-electron chi connectivity index (χ2n) is 8.02. The van der Waals surface area contributed by atoms with E-state index in [1.54, 1.807) is 0 Å². The molecule has 0 amide bonds. The molecule has 0 saturated heterocycles. The summed E-state index contributed by atoms with van der Waals surface area (Å²) >= 11 is 6.08. The molecule has 0 spiro atoms. The molecule has 1 atom stereocenters. The summed E-state index contributed by atoms with van der Waals surface area (Å²) in [6.07, 6.45) is 4.53. The molecule has 1 heterocycles. The summed E-state index contributed by atoms with van der Waals surface area (Å²) in [6.45, 7) is 0. The third kappa shape index (κ3) is 6.28. The van der Waals surface area contributed by atoms with Crippen molar-refractivity contribution in [1.82, 2.24) is 4.98 Å². The fourth-order valence-electron chi connectivity index (χ4n) is 3.79. The Labute approximate surface area is 197 Å². The number of rotatable bonds is 8. The summed E-state index contributed by atoms with van der Waals surface area (Å²) in [5, 5.41) is 21.4. The molecule has 0 aliphatic heterocycles. The van der Waals surface area contributed by atoms with Crippen LogP contribution in [0.4, 0.5) is 0 Å². The van der Waals surface area contributed by atoms with Gasteiger partial charge in [-0.2, -0.15) is 0 Å². The number of fused-ring (bicyclic) bond motifs is 1. The van der Waals surface area contributed by atoms with Crippen molar-refractivity contribution >= 4 is 40.6 Å². The number of carboxylic acids is 1. The third-order valence-corrected chi connectivity index (χ3v) is 5.71. The maximum absolute atomic E-state index is 10.9. The van der Waals surface area contributed by atoms with Crippen LogP contribution in [-0.4, -0.2) is 21.2 Å². The molecule has 0 fully saturated rings. The minimum absolute atomic E-state index is 0.00385. The number of carbonyl (C=O) groups is 1. The molecule has 4 nitrogen and oxygen atoms in total. The molecule has 4 aromatic rings. The monoisotopic (exact) mass is 457 g/mol. The standard InChI is InChI=1S/C28H24ClNO3/c29-24-11-9-22-10-13-25(30-26(22)18-24)12-7-20-4-2-6-23(16-20)27(31)14-8-19-3-1-5-21(15-19)17-28(32)33/h1-7,9-13,15-16,18,27,31H,8,14,17H2,(H,32,33)/t27-/m0/s1. The molecule has 1 aromatic heterocycles. The number of halogens is 1. The Kier molecular flexibility index (Phi) is 7.18. The zero-order valence-electron chi connectivity index (χ0n) is 18.0. The molecule has 0 aliphatic carbocycles. The summed E-state index contributed by atoms with van der Waals surface area (Å²) in [5.41, 5.74) is 5.29. The van der Waals surface area contributed by atoms with Crippen molar-refractivity contribution in [1.29, 1.82) is 0 Å². The number of carboxylic acid groups (broad SMARTS) is 1. The molecular formula is C28H24ClNO3. The Bertz CT molecular complexity index is 1320. The van der Waals surface area contributed by atoms with Crippen LogP contribution in [0.25, 0.3) is 23.1 Å². The lowest BCUT2D eigenvalue weighted by Crippen LogP contribution is -2.02. The maximum Gasteiger partial charge on any atom is 0.307 e. The third-order valence-electron chi connectivity index (χ3n) is 5.47. The summed E-state index contributed by atoms with van der Waals surface area (Å²) in [6, 6.07) is 25.0. The minimum Gasteiger partial charge on any atom is -0.481 e. The number of hydrogen-bond donors (Lipinski definition) is 2. The highest BCUT2D eigenvalue weighted by Gasteiger charge is 2.09. The molecule has 4 rings (SSSR count). The predicted molar refractivity (Wildman–Crippen MR) is 133 cm³/mol. The van der Waals surface area contributed by atoms with Gasteiger partial charge >= 0.3 is 5.97 Å². The smallest absolute Gasteiger partial charge is 0.307 e. The van der Waals surface area contributed by atoms with Crippen LogP contribution in [0, 0.1) is 0 Å². The van der Waals surface area contributed by atoms with Gasteiger partial charge in [0.05, 0.1) is 23.7 Å². The van der Waals surface area contributed by atoms with E-state index < -0.39 is 12.1 Å². The lowest BCUT2D eigenvalue weighted by Gasteiger charge is -2.12. The first kappa shape index (κ1) is 22.7. The van der Waals surface area contributed by atoms with Crippen molar-refractivity contribution < 1.29 is 15.0 Å². The van der Waals surface area contributed by atoms with Crippen LogP contribution in [0.5, 0.6) is 0 Å². The van der Waals surface area contributed by atoms with Gasteiger partial charge < -0.3 is 10.2 Å². The summed E-state index contributed by atoms with van der Waals surface area (Å²) < 4.78 is 0. The highest BCUT2D eigenvalue weighted by molar-refractivity contribution is 6.31. The van der Waals surface area contributed by atoms with E-state index in [0.29, 0.717) is 17.9 Å². The van der Waals surface area contributed by atoms with E-state index in [-0.39, 0.29) is 6.42 Å². The van der Waals surface area contributed by atoms with E-state index in [4.69, 9.17) is 16.7 Å². The van der Waals surface area contributed by atoms with Crippen molar-refractivity contribution in [2.24, 2.45) is 0 Å². The molecule has 3 aromatic carbocycles. The molecule has 0 bridgehead atoms. The fourth-order valence-corrected chi connectivity index (χ4v) is 3.96. The SMILES string of the molecule is O=C(O)Cc1cccc(CC[C@H](O)c2cccc(C=Cc3ccc4ccc(Cl)cc4n3)c2)c1. The number of aliphatic hydroxyl groups excluding tert-OH is 1. The van der Waals surface area contributed by atoms with Crippen molar-refractivity contribution in [3.05, 3.63) is 112 Å². The molecule has 5 heteroatoms. The average Bonchev–Trinajstić information content (AvgIpc) is 2.81. The van der Waals surface area contributed by atoms with E-state index in [9.17, 15) is 9.90 Å². The Hall–Kier alpha value is -3.47. The first-order valence-electron chi connectivity index (χ1n) is 10.8. The average molecular weight is 458 g/mol. The topological polar surface area (TPSA) is 70.4 Å². The molecule has 0 radical (unpaired) electrons. The zero-order valence-corrected chi connectivity index (χ0v) is 18.7. The number of aromatic nitrogens is 1. The number of nitrogens with zero attached hydrogens (tertiary/aromatic N) is 1. The summed E-state index contributed by atoms with van der Waals surface area (Å²) in [7, 11) is 0. The Morgan fingerprint density at radius 3 is 2.58 bits per heavy atom. The van der Waals surface area contributed by atoms with E-state index in [2.05, 4.69) is 4.98 Å². The van der Waals surface area contributed by atoms with Crippen molar-refractivity contribution in [3.63, 3.8) is 0 Å². The van der Waals surface area contributed by atoms with Crippen molar-refractivity contribution in [3.8, 4) is 0 Å². The highest BCUT2D eigenvalue weighted by atomic mass is 35.5. The number of aliphatic hydroxyl groups is 1. The molecule has 0 saturated carbocycles. The number of aliphatic carboxylic acids is 1. The normalized spacial score (nSPS) is 12.3. The van der Waals surface area contributed by atoms with Gasteiger partial charge in [0.2, 0.25) is 0 Å². The fraction of sp³-hybridized carbons (Fsp3) is 0.143. The van der Waals surface area contributed by atoms with E-state index >= 15 is 0 Å². The highest BCUT2D eigenvalue weighted by Crippen LogP contribution is 2.22. The molecule has 2 N–H and O–H groups in total. The molecular weight excluding hydrogens is 434 g/mol. The van der Waals surface area contributed by atoms with Crippen LogP contribution in [0.2, 0.25) is 5.02 Å². The summed E-state index contributed by atoms with van der Waals surface area (Å²) in [5.74, 6) is -0.847. The molecule has 166 valence electrons. The quantitative estimate of drug-likeness (QED) is 0.323. The maximum atomic E-state index is 10.9. The van der Waals surface area contributed by atoms with Crippen LogP contribution < -0.4 is 0 Å². The predicted octanol–water partition coefficient (Wildman–Crippen LogP) is 6.35. The largest absolute Gasteiger partial charge is 0.481 e. The number of hydrogen-bond acceptors (Lipinski definition) is 3. The first-order valence-corrected chi connectivity index (χ1v) is 11.2. The summed E-state index contributed by atoms with van der Waals surface area (Å²) in [4.78, 5) is 15.6. The number of pyridine rings is 1. The Balaban J connectivity index is 1.42. The van der Waals surface area contributed by atoms with Gasteiger partial charge in [0.25, 0.3) is 0 Å². The van der Waals surface area contributed by atoms with Gasteiger partial charge in [-0.25, -0.2) is 4.98 Å². The van der Waals surface area contributed by atoms with Gasteiger partial charge in [-0.05, 0) is 65.4 Å². The number of benzene rings is 3. The van der Waals surface area contributed by atoms with Gasteiger partial charge in [-0.15, -0.1) is 0 Å². The number of aryl methyl sites for hydroxylation is 1. The van der Waals surface area contributed by atoms with Crippen LogP contribution in [0.15, 0.2) is 78.9 Å². The second kappa shape index (κ2) is 10.4. The Morgan fingerprint density at radius 2 is 1.73 bits per heavy atom. The minimum atomic E-state index is -0.847. The lowest BCUT2D eigenvalue weighted by molar-refractivity contribution is -0.136. The van der Waals surface area contributed by atoms with Crippen LogP contribution in [-0.2, 0) is 17.6 Å². The molecule has 0 unspecified atom stereocenters. The van der Waals surface area contributed by atoms with Gasteiger partial charge in [-0.1, -0.05) is 72.3 Å². The van der Waals surface area contributed by atoms with Crippen molar-refractivity contribution in [2.75, 3.05) is 0 Å².